The van der Waals surface area contributed by atoms with E-state index in [0.717, 1.165) is 12.1 Å². The number of carbonyl (C=O) groups excluding carboxylic acids is 1. The number of hydrogen-bond donors (Lipinski definition) is 1. The zero-order valence-corrected chi connectivity index (χ0v) is 7.81. The second-order valence-electron chi connectivity index (χ2n) is 2.92. The van der Waals surface area contributed by atoms with E-state index in [9.17, 15) is 13.6 Å². The Kier molecular flexibility index (Phi) is 3.56. The topological polar surface area (TPSA) is 29.1 Å². The van der Waals surface area contributed by atoms with Crippen LogP contribution in [-0.4, -0.2) is 13.0 Å². The van der Waals surface area contributed by atoms with Gasteiger partial charge in [0.15, 0.2) is 11.6 Å². The van der Waals surface area contributed by atoms with Crippen LogP contribution < -0.4 is 5.32 Å². The molecule has 2 nitrogen and oxygen atoms in total. The van der Waals surface area contributed by atoms with E-state index in [1.54, 1.807) is 0 Å². The van der Waals surface area contributed by atoms with Crippen molar-refractivity contribution in [1.29, 1.82) is 0 Å². The summed E-state index contributed by atoms with van der Waals surface area (Å²) in [6.45, 7) is 0. The third-order valence-electron chi connectivity index (χ3n) is 1.90. The molecular formula is C10H11F2NO. The molecule has 0 aliphatic rings. The fourth-order valence-electron chi connectivity index (χ4n) is 1.08. The molecule has 0 fully saturated rings. The molecule has 1 N–H and O–H groups in total. The van der Waals surface area contributed by atoms with Crippen molar-refractivity contribution < 1.29 is 13.6 Å². The first-order valence-electron chi connectivity index (χ1n) is 4.28. The number of amides is 1. The van der Waals surface area contributed by atoms with Crippen LogP contribution >= 0.6 is 0 Å². The zero-order valence-electron chi connectivity index (χ0n) is 7.81. The maximum absolute atomic E-state index is 12.7. The Morgan fingerprint density at radius 2 is 2.07 bits per heavy atom. The van der Waals surface area contributed by atoms with E-state index in [1.807, 2.05) is 0 Å². The first-order valence-corrected chi connectivity index (χ1v) is 4.28. The van der Waals surface area contributed by atoms with Gasteiger partial charge >= 0.3 is 0 Å². The number of halogens is 2. The molecule has 1 aromatic carbocycles. The summed E-state index contributed by atoms with van der Waals surface area (Å²) in [5.74, 6) is -1.86. The highest BCUT2D eigenvalue weighted by Gasteiger charge is 2.04. The van der Waals surface area contributed by atoms with Crippen LogP contribution in [0.15, 0.2) is 18.2 Å². The Morgan fingerprint density at radius 3 is 2.64 bits per heavy atom. The van der Waals surface area contributed by atoms with Gasteiger partial charge in [-0.05, 0) is 24.1 Å². The second-order valence-corrected chi connectivity index (χ2v) is 2.92. The molecule has 0 aliphatic heterocycles. The highest BCUT2D eigenvalue weighted by atomic mass is 19.2. The van der Waals surface area contributed by atoms with E-state index in [-0.39, 0.29) is 12.3 Å². The number of carbonyl (C=O) groups is 1. The van der Waals surface area contributed by atoms with Crippen molar-refractivity contribution in [3.05, 3.63) is 35.4 Å². The summed E-state index contributed by atoms with van der Waals surface area (Å²) in [5, 5.41) is 2.45. The highest BCUT2D eigenvalue weighted by molar-refractivity contribution is 5.75. The average molecular weight is 199 g/mol. The Balaban J connectivity index is 2.60. The second kappa shape index (κ2) is 4.69. The van der Waals surface area contributed by atoms with E-state index in [0.29, 0.717) is 12.0 Å². The van der Waals surface area contributed by atoms with E-state index in [2.05, 4.69) is 5.32 Å². The van der Waals surface area contributed by atoms with Crippen LogP contribution in [0, 0.1) is 11.6 Å². The average Bonchev–Trinajstić information content (AvgIpc) is 2.19. The molecule has 0 spiro atoms. The van der Waals surface area contributed by atoms with Crippen LogP contribution in [0.5, 0.6) is 0 Å². The Morgan fingerprint density at radius 1 is 1.36 bits per heavy atom. The van der Waals surface area contributed by atoms with Gasteiger partial charge in [0.1, 0.15) is 0 Å². The zero-order chi connectivity index (χ0) is 10.6. The Labute approximate surface area is 80.9 Å². The lowest BCUT2D eigenvalue weighted by Crippen LogP contribution is -2.17. The molecule has 0 aliphatic carbocycles. The normalized spacial score (nSPS) is 9.93. The number of rotatable bonds is 3. The minimum atomic E-state index is -0.876. The largest absolute Gasteiger partial charge is 0.359 e. The molecule has 0 aromatic heterocycles. The Hall–Kier alpha value is -1.45. The van der Waals surface area contributed by atoms with Gasteiger partial charge in [-0.1, -0.05) is 6.07 Å². The van der Waals surface area contributed by atoms with Gasteiger partial charge in [-0.2, -0.15) is 0 Å². The first-order chi connectivity index (χ1) is 6.63. The van der Waals surface area contributed by atoms with Crippen molar-refractivity contribution in [3.8, 4) is 0 Å². The lowest BCUT2D eigenvalue weighted by molar-refractivity contribution is -0.120. The number of nitrogens with one attached hydrogen (secondary N) is 1. The quantitative estimate of drug-likeness (QED) is 0.787. The third kappa shape index (κ3) is 2.80. The standard InChI is InChI=1S/C10H11F2NO/c1-13-10(14)5-3-7-2-4-8(11)9(12)6-7/h2,4,6H,3,5H2,1H3,(H,13,14). The van der Waals surface area contributed by atoms with Crippen LogP contribution in [0.3, 0.4) is 0 Å². The van der Waals surface area contributed by atoms with Gasteiger partial charge in [0.05, 0.1) is 0 Å². The molecule has 0 saturated carbocycles. The molecule has 0 atom stereocenters. The van der Waals surface area contributed by atoms with Gasteiger partial charge in [-0.15, -0.1) is 0 Å². The summed E-state index contributed by atoms with van der Waals surface area (Å²) in [7, 11) is 1.54. The van der Waals surface area contributed by atoms with Crippen LogP contribution in [0.25, 0.3) is 0 Å². The third-order valence-corrected chi connectivity index (χ3v) is 1.90. The molecule has 76 valence electrons. The summed E-state index contributed by atoms with van der Waals surface area (Å²) in [4.78, 5) is 10.9. The molecule has 0 unspecified atom stereocenters. The number of benzene rings is 1. The fraction of sp³-hybridized carbons (Fsp3) is 0.300. The minimum absolute atomic E-state index is 0.116. The van der Waals surface area contributed by atoms with Gasteiger partial charge in [0.25, 0.3) is 0 Å². The lowest BCUT2D eigenvalue weighted by Gasteiger charge is -2.01. The summed E-state index contributed by atoms with van der Waals surface area (Å²) in [6, 6.07) is 3.65. The molecule has 1 aromatic rings. The van der Waals surface area contributed by atoms with Crippen molar-refractivity contribution in [2.75, 3.05) is 7.05 Å². The van der Waals surface area contributed by atoms with E-state index >= 15 is 0 Å². The lowest BCUT2D eigenvalue weighted by atomic mass is 10.1. The molecule has 0 bridgehead atoms. The molecule has 1 amide bonds. The van der Waals surface area contributed by atoms with Crippen molar-refractivity contribution >= 4 is 5.91 Å². The van der Waals surface area contributed by atoms with Crippen LogP contribution in [0.4, 0.5) is 8.78 Å². The predicted molar refractivity (Wildman–Crippen MR) is 48.7 cm³/mol. The van der Waals surface area contributed by atoms with Crippen molar-refractivity contribution in [3.63, 3.8) is 0 Å². The molecule has 14 heavy (non-hydrogen) atoms. The smallest absolute Gasteiger partial charge is 0.220 e. The van der Waals surface area contributed by atoms with Gasteiger partial charge in [-0.3, -0.25) is 4.79 Å². The van der Waals surface area contributed by atoms with Gasteiger partial charge in [0, 0.05) is 13.5 Å². The highest BCUT2D eigenvalue weighted by Crippen LogP contribution is 2.10. The molecular weight excluding hydrogens is 188 g/mol. The summed E-state index contributed by atoms with van der Waals surface area (Å²) < 4.78 is 25.2. The maximum Gasteiger partial charge on any atom is 0.220 e. The monoisotopic (exact) mass is 199 g/mol. The van der Waals surface area contributed by atoms with E-state index in [1.165, 1.54) is 13.1 Å². The molecule has 4 heteroatoms. The number of hydrogen-bond acceptors (Lipinski definition) is 1. The molecule has 0 saturated heterocycles. The van der Waals surface area contributed by atoms with E-state index < -0.39 is 11.6 Å². The Bertz CT molecular complexity index is 339. The predicted octanol–water partition coefficient (Wildman–Crippen LogP) is 1.64. The summed E-state index contributed by atoms with van der Waals surface area (Å²) in [5.41, 5.74) is 0.618. The summed E-state index contributed by atoms with van der Waals surface area (Å²) >= 11 is 0. The molecule has 0 heterocycles. The maximum atomic E-state index is 12.7. The van der Waals surface area contributed by atoms with Gasteiger partial charge in [-0.25, -0.2) is 8.78 Å². The number of aryl methyl sites for hydroxylation is 1. The van der Waals surface area contributed by atoms with Crippen molar-refractivity contribution in [1.82, 2.24) is 5.32 Å². The fourth-order valence-corrected chi connectivity index (χ4v) is 1.08. The van der Waals surface area contributed by atoms with Crippen LogP contribution in [-0.2, 0) is 11.2 Å². The first kappa shape index (κ1) is 10.6. The van der Waals surface area contributed by atoms with Gasteiger partial charge in [0.2, 0.25) is 5.91 Å². The SMILES string of the molecule is CNC(=O)CCc1ccc(F)c(F)c1. The van der Waals surface area contributed by atoms with Crippen LogP contribution in [0.2, 0.25) is 0 Å². The van der Waals surface area contributed by atoms with Crippen molar-refractivity contribution in [2.24, 2.45) is 0 Å². The van der Waals surface area contributed by atoms with Gasteiger partial charge < -0.3 is 5.32 Å². The van der Waals surface area contributed by atoms with Crippen LogP contribution in [0.1, 0.15) is 12.0 Å². The van der Waals surface area contributed by atoms with Crippen molar-refractivity contribution in [2.45, 2.75) is 12.8 Å². The molecule has 0 radical (unpaired) electrons. The molecule has 1 rings (SSSR count). The summed E-state index contributed by atoms with van der Waals surface area (Å²) in [6.07, 6.45) is 0.693. The van der Waals surface area contributed by atoms with E-state index in [4.69, 9.17) is 0 Å². The minimum Gasteiger partial charge on any atom is -0.359 e.